The van der Waals surface area contributed by atoms with Crippen molar-refractivity contribution in [3.63, 3.8) is 0 Å². The number of rotatable bonds is 5. The van der Waals surface area contributed by atoms with Crippen LogP contribution in [0.2, 0.25) is 0 Å². The Labute approximate surface area is 143 Å². The Morgan fingerprint density at radius 2 is 1.92 bits per heavy atom. The summed E-state index contributed by atoms with van der Waals surface area (Å²) in [6.45, 7) is 3.70. The van der Waals surface area contributed by atoms with E-state index in [1.807, 2.05) is 6.92 Å². The van der Waals surface area contributed by atoms with Crippen LogP contribution in [0.25, 0.3) is 0 Å². The molecule has 0 spiro atoms. The second-order valence-electron chi connectivity index (χ2n) is 6.52. The van der Waals surface area contributed by atoms with Crippen molar-refractivity contribution in [1.29, 1.82) is 0 Å². The fourth-order valence-corrected chi connectivity index (χ4v) is 3.17. The number of aliphatic carboxylic acids is 1. The van der Waals surface area contributed by atoms with Crippen LogP contribution in [-0.4, -0.2) is 40.3 Å². The molecule has 2 rings (SSSR count). The first kappa shape index (κ1) is 19.1. The van der Waals surface area contributed by atoms with Crippen molar-refractivity contribution in [2.75, 3.05) is 6.54 Å². The van der Waals surface area contributed by atoms with E-state index in [9.17, 15) is 22.8 Å². The highest BCUT2D eigenvalue weighted by molar-refractivity contribution is 5.97. The fraction of sp³-hybridized carbons (Fsp3) is 0.529. The second kappa shape index (κ2) is 6.93. The molecule has 1 amide bonds. The number of carboxylic acids is 1. The molecular formula is C17H20F3NO4. The van der Waals surface area contributed by atoms with E-state index in [0.717, 1.165) is 12.0 Å². The van der Waals surface area contributed by atoms with Crippen LogP contribution in [0, 0.1) is 5.92 Å². The molecule has 25 heavy (non-hydrogen) atoms. The van der Waals surface area contributed by atoms with Crippen LogP contribution < -0.4 is 4.74 Å². The molecule has 0 radical (unpaired) electrons. The zero-order valence-corrected chi connectivity index (χ0v) is 14.0. The number of hydrogen-bond donors (Lipinski definition) is 1. The van der Waals surface area contributed by atoms with E-state index in [0.29, 0.717) is 19.4 Å². The molecule has 1 aromatic carbocycles. The molecule has 1 aromatic rings. The number of carbonyl (C=O) groups is 2. The van der Waals surface area contributed by atoms with Crippen LogP contribution in [0.15, 0.2) is 24.3 Å². The molecule has 5 nitrogen and oxygen atoms in total. The molecule has 2 unspecified atom stereocenters. The largest absolute Gasteiger partial charge is 0.573 e. The van der Waals surface area contributed by atoms with Crippen molar-refractivity contribution in [1.82, 2.24) is 4.90 Å². The average Bonchev–Trinajstić information content (AvgIpc) is 2.87. The lowest BCUT2D eigenvalue weighted by atomic mass is 9.89. The predicted octanol–water partition coefficient (Wildman–Crippen LogP) is 3.23. The van der Waals surface area contributed by atoms with E-state index in [2.05, 4.69) is 4.74 Å². The molecule has 1 heterocycles. The van der Waals surface area contributed by atoms with E-state index in [4.69, 9.17) is 5.11 Å². The Bertz CT molecular complexity index is 644. The Morgan fingerprint density at radius 1 is 1.32 bits per heavy atom. The fourth-order valence-electron chi connectivity index (χ4n) is 3.17. The maximum absolute atomic E-state index is 12.4. The van der Waals surface area contributed by atoms with E-state index in [1.165, 1.54) is 31.2 Å². The molecule has 0 aromatic heterocycles. The number of benzene rings is 1. The van der Waals surface area contributed by atoms with Gasteiger partial charge in [-0.1, -0.05) is 12.1 Å². The first-order valence-electron chi connectivity index (χ1n) is 7.91. The number of ether oxygens (including phenoxy) is 1. The molecule has 8 heteroatoms. The first-order chi connectivity index (χ1) is 11.5. The van der Waals surface area contributed by atoms with Crippen molar-refractivity contribution in [3.05, 3.63) is 29.8 Å². The highest BCUT2D eigenvalue weighted by atomic mass is 19.4. The number of carbonyl (C=O) groups excluding carboxylic acids is 1. The minimum atomic E-state index is -4.74. The minimum absolute atomic E-state index is 0.305. The average molecular weight is 359 g/mol. The Kier molecular flexibility index (Phi) is 5.29. The number of likely N-dealkylation sites (tertiary alicyclic amines) is 1. The number of hydrogen-bond acceptors (Lipinski definition) is 3. The summed E-state index contributed by atoms with van der Waals surface area (Å²) in [7, 11) is 0. The third kappa shape index (κ3) is 4.64. The van der Waals surface area contributed by atoms with Crippen molar-refractivity contribution in [2.24, 2.45) is 5.92 Å². The number of alkyl halides is 3. The van der Waals surface area contributed by atoms with E-state index in [1.54, 1.807) is 4.90 Å². The van der Waals surface area contributed by atoms with Crippen molar-refractivity contribution in [3.8, 4) is 5.75 Å². The highest BCUT2D eigenvalue weighted by Crippen LogP contribution is 2.34. The lowest BCUT2D eigenvalue weighted by molar-refractivity contribution is -0.274. The van der Waals surface area contributed by atoms with Gasteiger partial charge in [0.2, 0.25) is 5.91 Å². The highest BCUT2D eigenvalue weighted by Gasteiger charge is 2.42. The van der Waals surface area contributed by atoms with Gasteiger partial charge in [-0.15, -0.1) is 13.2 Å². The lowest BCUT2D eigenvalue weighted by Crippen LogP contribution is -2.49. The first-order valence-corrected chi connectivity index (χ1v) is 7.91. The number of nitrogens with zero attached hydrogens (tertiary/aromatic N) is 1. The predicted molar refractivity (Wildman–Crippen MR) is 83.0 cm³/mol. The van der Waals surface area contributed by atoms with Gasteiger partial charge in [0, 0.05) is 12.1 Å². The van der Waals surface area contributed by atoms with Gasteiger partial charge in [0.15, 0.2) is 0 Å². The van der Waals surface area contributed by atoms with Crippen molar-refractivity contribution >= 4 is 11.9 Å². The molecule has 0 saturated carbocycles. The summed E-state index contributed by atoms with van der Waals surface area (Å²) in [5.74, 6) is -3.04. The van der Waals surface area contributed by atoms with Gasteiger partial charge in [0.05, 0.1) is 0 Å². The molecule has 138 valence electrons. The van der Waals surface area contributed by atoms with Crippen LogP contribution in [0.3, 0.4) is 0 Å². The molecular weight excluding hydrogens is 339 g/mol. The van der Waals surface area contributed by atoms with Crippen LogP contribution >= 0.6 is 0 Å². The number of carboxylic acid groups (broad SMARTS) is 1. The Hall–Kier alpha value is -2.25. The standard InChI is InChI=1S/C17H20F3NO4/c1-11(15(23)24)14(22)21-9-3-8-16(21,2)10-12-4-6-13(7-5-12)25-17(18,19)20/h4-7,11H,3,8-10H2,1-2H3,(H,23,24). The summed E-state index contributed by atoms with van der Waals surface area (Å²) >= 11 is 0. The van der Waals surface area contributed by atoms with Gasteiger partial charge in [-0.2, -0.15) is 0 Å². The zero-order valence-electron chi connectivity index (χ0n) is 14.0. The molecule has 1 fully saturated rings. The van der Waals surface area contributed by atoms with Crippen LogP contribution in [0.1, 0.15) is 32.3 Å². The SMILES string of the molecule is CC(C(=O)O)C(=O)N1CCCC1(C)Cc1ccc(OC(F)(F)F)cc1. The molecule has 1 aliphatic heterocycles. The molecule has 1 N–H and O–H groups in total. The normalized spacial score (nSPS) is 21.9. The molecule has 0 bridgehead atoms. The number of halogens is 3. The summed E-state index contributed by atoms with van der Waals surface area (Å²) in [6.07, 6.45) is -2.86. The van der Waals surface area contributed by atoms with Gasteiger partial charge in [-0.3, -0.25) is 9.59 Å². The Morgan fingerprint density at radius 3 is 2.44 bits per heavy atom. The smallest absolute Gasteiger partial charge is 0.481 e. The van der Waals surface area contributed by atoms with E-state index in [-0.39, 0.29) is 5.75 Å². The maximum Gasteiger partial charge on any atom is 0.573 e. The minimum Gasteiger partial charge on any atom is -0.481 e. The van der Waals surface area contributed by atoms with Crippen molar-refractivity contribution in [2.45, 2.75) is 45.0 Å². The third-order valence-corrected chi connectivity index (χ3v) is 4.50. The van der Waals surface area contributed by atoms with Crippen LogP contribution in [0.4, 0.5) is 13.2 Å². The van der Waals surface area contributed by atoms with Gasteiger partial charge in [0.25, 0.3) is 0 Å². The molecule has 1 aliphatic rings. The monoisotopic (exact) mass is 359 g/mol. The van der Waals surface area contributed by atoms with Gasteiger partial charge in [-0.05, 0) is 50.8 Å². The summed E-state index contributed by atoms with van der Waals surface area (Å²) in [5, 5.41) is 9.04. The molecule has 2 atom stereocenters. The Balaban J connectivity index is 2.12. The van der Waals surface area contributed by atoms with Gasteiger partial charge < -0.3 is 14.7 Å². The summed E-state index contributed by atoms with van der Waals surface area (Å²) < 4.78 is 40.4. The van der Waals surface area contributed by atoms with Gasteiger partial charge in [0.1, 0.15) is 11.7 Å². The molecule has 1 saturated heterocycles. The molecule has 0 aliphatic carbocycles. The van der Waals surface area contributed by atoms with Gasteiger partial charge >= 0.3 is 12.3 Å². The van der Waals surface area contributed by atoms with Crippen LogP contribution in [0.5, 0.6) is 5.75 Å². The van der Waals surface area contributed by atoms with E-state index < -0.39 is 29.7 Å². The summed E-state index contributed by atoms with van der Waals surface area (Å²) in [4.78, 5) is 25.0. The zero-order chi connectivity index (χ0) is 18.8. The van der Waals surface area contributed by atoms with Crippen molar-refractivity contribution < 1.29 is 32.6 Å². The van der Waals surface area contributed by atoms with Crippen LogP contribution in [-0.2, 0) is 16.0 Å². The third-order valence-electron chi connectivity index (χ3n) is 4.50. The maximum atomic E-state index is 12.4. The topological polar surface area (TPSA) is 66.8 Å². The van der Waals surface area contributed by atoms with Gasteiger partial charge in [-0.25, -0.2) is 0 Å². The second-order valence-corrected chi connectivity index (χ2v) is 6.52. The summed E-state index contributed by atoms with van der Waals surface area (Å²) in [5.41, 5.74) is 0.187. The lowest BCUT2D eigenvalue weighted by Gasteiger charge is -2.36. The summed E-state index contributed by atoms with van der Waals surface area (Å²) in [6, 6.07) is 5.50. The van der Waals surface area contributed by atoms with E-state index >= 15 is 0 Å². The number of amides is 1. The quantitative estimate of drug-likeness (QED) is 0.820.